The predicted octanol–water partition coefficient (Wildman–Crippen LogP) is 2.80. The zero-order chi connectivity index (χ0) is 15.3. The van der Waals surface area contributed by atoms with E-state index in [1.807, 2.05) is 0 Å². The summed E-state index contributed by atoms with van der Waals surface area (Å²) in [6, 6.07) is 4.82. The molecule has 0 radical (unpaired) electrons. The van der Waals surface area contributed by atoms with Crippen LogP contribution in [-0.2, 0) is 11.2 Å². The lowest BCUT2D eigenvalue weighted by atomic mass is 9.76. The Morgan fingerprint density at radius 1 is 1.27 bits per heavy atom. The fraction of sp³-hybridized carbons (Fsp3) is 0.667. The number of ether oxygens (including phenoxy) is 3. The molecule has 2 saturated heterocycles. The Balaban J connectivity index is 1.71. The van der Waals surface area contributed by atoms with Crippen LogP contribution in [0.4, 0.5) is 0 Å². The normalized spacial score (nSPS) is 33.2. The highest BCUT2D eigenvalue weighted by molar-refractivity contribution is 5.49. The topological polar surface area (TPSA) is 34.2 Å². The van der Waals surface area contributed by atoms with Crippen LogP contribution in [0.15, 0.2) is 12.1 Å². The molecule has 120 valence electrons. The Bertz CT molecular complexity index is 582. The minimum absolute atomic E-state index is 0.150. The highest BCUT2D eigenvalue weighted by Crippen LogP contribution is 2.52. The van der Waals surface area contributed by atoms with E-state index in [9.17, 15) is 0 Å². The molecule has 4 heteroatoms. The second-order valence-electron chi connectivity index (χ2n) is 6.83. The van der Waals surface area contributed by atoms with Crippen LogP contribution in [0.2, 0.25) is 0 Å². The van der Waals surface area contributed by atoms with Crippen LogP contribution >= 0.6 is 0 Å². The maximum atomic E-state index is 5.92. The summed E-state index contributed by atoms with van der Waals surface area (Å²) in [6.07, 6.45) is 3.42. The van der Waals surface area contributed by atoms with Gasteiger partial charge in [-0.1, -0.05) is 6.92 Å². The molecule has 3 unspecified atom stereocenters. The third-order valence-corrected chi connectivity index (χ3v) is 5.86. The van der Waals surface area contributed by atoms with Gasteiger partial charge in [-0.15, -0.1) is 0 Å². The molecule has 1 aromatic carbocycles. The molecule has 0 amide bonds. The first-order valence-corrected chi connectivity index (χ1v) is 8.33. The largest absolute Gasteiger partial charge is 0.493 e. The number of methoxy groups -OCH3 is 2. The number of nitrogens with zero attached hydrogens (tertiary/aromatic N) is 1. The molecule has 1 aromatic rings. The maximum Gasteiger partial charge on any atom is 0.161 e. The summed E-state index contributed by atoms with van der Waals surface area (Å²) in [4.78, 5) is 2.65. The average molecular weight is 303 g/mol. The first kappa shape index (κ1) is 14.3. The summed E-state index contributed by atoms with van der Waals surface area (Å²) in [5, 5.41) is 0. The molecule has 3 heterocycles. The Morgan fingerprint density at radius 3 is 2.64 bits per heavy atom. The maximum absolute atomic E-state index is 5.92. The van der Waals surface area contributed by atoms with Gasteiger partial charge in [0.25, 0.3) is 0 Å². The van der Waals surface area contributed by atoms with Crippen LogP contribution in [0, 0.1) is 5.92 Å². The average Bonchev–Trinajstić information content (AvgIpc) is 3.32. The molecule has 4 nitrogen and oxygen atoms in total. The van der Waals surface area contributed by atoms with Crippen molar-refractivity contribution in [3.63, 3.8) is 0 Å². The van der Waals surface area contributed by atoms with Crippen molar-refractivity contribution in [3.05, 3.63) is 23.3 Å². The summed E-state index contributed by atoms with van der Waals surface area (Å²) in [6.45, 7) is 5.54. The molecular weight excluding hydrogens is 278 g/mol. The van der Waals surface area contributed by atoms with Gasteiger partial charge in [0.1, 0.15) is 0 Å². The molecule has 22 heavy (non-hydrogen) atoms. The van der Waals surface area contributed by atoms with E-state index < -0.39 is 0 Å². The zero-order valence-electron chi connectivity index (χ0n) is 13.7. The zero-order valence-corrected chi connectivity index (χ0v) is 13.7. The molecule has 2 fully saturated rings. The second-order valence-corrected chi connectivity index (χ2v) is 6.83. The summed E-state index contributed by atoms with van der Waals surface area (Å²) in [5.41, 5.74) is 2.97. The van der Waals surface area contributed by atoms with Gasteiger partial charge in [-0.2, -0.15) is 0 Å². The number of fused-ring (bicyclic) bond motifs is 3. The molecule has 4 rings (SSSR count). The van der Waals surface area contributed by atoms with E-state index in [1.165, 1.54) is 17.5 Å². The number of epoxide rings is 1. The molecule has 3 aliphatic rings. The fourth-order valence-corrected chi connectivity index (χ4v) is 4.43. The minimum atomic E-state index is 0.150. The Morgan fingerprint density at radius 2 is 2.00 bits per heavy atom. The Labute approximate surface area is 132 Å². The first-order valence-electron chi connectivity index (χ1n) is 8.33. The van der Waals surface area contributed by atoms with Crippen molar-refractivity contribution in [3.8, 4) is 11.5 Å². The Hall–Kier alpha value is -1.26. The lowest BCUT2D eigenvalue weighted by Gasteiger charge is -2.46. The lowest BCUT2D eigenvalue weighted by molar-refractivity contribution is 0.0294. The monoisotopic (exact) mass is 303 g/mol. The molecular formula is C18H25NO3. The number of rotatable bonds is 3. The third kappa shape index (κ3) is 2.04. The van der Waals surface area contributed by atoms with Crippen LogP contribution in [-0.4, -0.2) is 44.4 Å². The van der Waals surface area contributed by atoms with E-state index in [4.69, 9.17) is 14.2 Å². The van der Waals surface area contributed by atoms with Crippen LogP contribution in [0.5, 0.6) is 11.5 Å². The Kier molecular flexibility index (Phi) is 3.35. The van der Waals surface area contributed by atoms with Gasteiger partial charge in [-0.3, -0.25) is 4.90 Å². The van der Waals surface area contributed by atoms with Gasteiger partial charge in [0.2, 0.25) is 0 Å². The van der Waals surface area contributed by atoms with E-state index in [2.05, 4.69) is 24.0 Å². The summed E-state index contributed by atoms with van der Waals surface area (Å²) in [7, 11) is 3.42. The van der Waals surface area contributed by atoms with Crippen molar-refractivity contribution in [2.75, 3.05) is 33.9 Å². The van der Waals surface area contributed by atoms with Crippen molar-refractivity contribution >= 4 is 0 Å². The smallest absolute Gasteiger partial charge is 0.161 e. The number of benzene rings is 1. The van der Waals surface area contributed by atoms with Crippen molar-refractivity contribution in [1.29, 1.82) is 0 Å². The number of piperidine rings is 1. The van der Waals surface area contributed by atoms with Gasteiger partial charge in [-0.05, 0) is 42.5 Å². The molecule has 0 N–H and O–H groups in total. The van der Waals surface area contributed by atoms with E-state index in [0.717, 1.165) is 44.0 Å². The van der Waals surface area contributed by atoms with Crippen molar-refractivity contribution < 1.29 is 14.2 Å². The fourth-order valence-electron chi connectivity index (χ4n) is 4.43. The quantitative estimate of drug-likeness (QED) is 0.804. The molecule has 3 atom stereocenters. The van der Waals surface area contributed by atoms with Crippen molar-refractivity contribution in [2.24, 2.45) is 5.92 Å². The van der Waals surface area contributed by atoms with Gasteiger partial charge in [0, 0.05) is 25.0 Å². The van der Waals surface area contributed by atoms with Crippen LogP contribution in [0.25, 0.3) is 0 Å². The van der Waals surface area contributed by atoms with Crippen LogP contribution in [0.3, 0.4) is 0 Å². The SMILES string of the molecule is CCC1CN2CCc3cc(OC)c(OC)cc3C2CC12CO2. The van der Waals surface area contributed by atoms with Crippen LogP contribution in [0.1, 0.15) is 36.9 Å². The first-order chi connectivity index (χ1) is 10.7. The van der Waals surface area contributed by atoms with E-state index in [-0.39, 0.29) is 5.60 Å². The third-order valence-electron chi connectivity index (χ3n) is 5.86. The molecule has 0 bridgehead atoms. The van der Waals surface area contributed by atoms with E-state index in [1.54, 1.807) is 14.2 Å². The van der Waals surface area contributed by atoms with E-state index >= 15 is 0 Å². The second kappa shape index (κ2) is 5.14. The molecule has 1 spiro atoms. The van der Waals surface area contributed by atoms with Crippen molar-refractivity contribution in [2.45, 2.75) is 37.8 Å². The predicted molar refractivity (Wildman–Crippen MR) is 84.6 cm³/mol. The standard InChI is InChI=1S/C18H25NO3/c1-4-13-10-19-6-5-12-7-16(20-2)17(21-3)8-14(12)15(19)9-18(13)11-22-18/h7-8,13,15H,4-6,9-11H2,1-3H3. The van der Waals surface area contributed by atoms with E-state index in [0.29, 0.717) is 12.0 Å². The lowest BCUT2D eigenvalue weighted by Crippen LogP contribution is -2.49. The summed E-state index contributed by atoms with van der Waals surface area (Å²) in [5.74, 6) is 2.37. The number of hydrogen-bond donors (Lipinski definition) is 0. The van der Waals surface area contributed by atoms with Gasteiger partial charge < -0.3 is 14.2 Å². The van der Waals surface area contributed by atoms with Gasteiger partial charge >= 0.3 is 0 Å². The summed E-state index contributed by atoms with van der Waals surface area (Å²) >= 11 is 0. The number of hydrogen-bond acceptors (Lipinski definition) is 4. The van der Waals surface area contributed by atoms with Crippen molar-refractivity contribution in [1.82, 2.24) is 4.90 Å². The van der Waals surface area contributed by atoms with Gasteiger partial charge in [-0.25, -0.2) is 0 Å². The highest BCUT2D eigenvalue weighted by Gasteiger charge is 2.56. The minimum Gasteiger partial charge on any atom is -0.493 e. The molecule has 3 aliphatic heterocycles. The van der Waals surface area contributed by atoms with Gasteiger partial charge in [0.05, 0.1) is 26.4 Å². The van der Waals surface area contributed by atoms with Gasteiger partial charge in [0.15, 0.2) is 11.5 Å². The summed E-state index contributed by atoms with van der Waals surface area (Å²) < 4.78 is 16.9. The van der Waals surface area contributed by atoms with Crippen LogP contribution < -0.4 is 9.47 Å². The highest BCUT2D eigenvalue weighted by atomic mass is 16.6. The molecule has 0 aliphatic carbocycles. The molecule has 0 aromatic heterocycles. The molecule has 0 saturated carbocycles.